The fourth-order valence-electron chi connectivity index (χ4n) is 10.2. The predicted molar refractivity (Wildman–Crippen MR) is 121 cm³/mol. The summed E-state index contributed by atoms with van der Waals surface area (Å²) in [5, 5.41) is 0. The summed E-state index contributed by atoms with van der Waals surface area (Å²) in [5.41, 5.74) is 6.55. The Kier molecular flexibility index (Phi) is 4.90. The van der Waals surface area contributed by atoms with Crippen molar-refractivity contribution in [3.63, 3.8) is 0 Å². The minimum absolute atomic E-state index is 0.00974. The monoisotopic (exact) mass is 445 g/mol. The van der Waals surface area contributed by atoms with Crippen molar-refractivity contribution in [3.05, 3.63) is 0 Å². The Labute approximate surface area is 193 Å². The van der Waals surface area contributed by atoms with E-state index in [9.17, 15) is 4.79 Å². The van der Waals surface area contributed by atoms with Gasteiger partial charge in [-0.25, -0.2) is 0 Å². The maximum Gasteiger partial charge on any atom is 0.306 e. The molecule has 3 aliphatic heterocycles. The molecule has 0 radical (unpaired) electrons. The van der Waals surface area contributed by atoms with Crippen LogP contribution in [0.2, 0.25) is 0 Å². The third-order valence-corrected chi connectivity index (χ3v) is 11.7. The summed E-state index contributed by atoms with van der Waals surface area (Å²) in [4.78, 5) is 12.3. The molecule has 3 aliphatic carbocycles. The van der Waals surface area contributed by atoms with E-state index < -0.39 is 0 Å². The Hall–Kier alpha value is -0.650. The van der Waals surface area contributed by atoms with Crippen molar-refractivity contribution in [2.24, 2.45) is 58.0 Å². The molecular formula is C27H43NO4. The van der Waals surface area contributed by atoms with Gasteiger partial charge in [-0.15, -0.1) is 0 Å². The number of rotatable bonds is 2. The number of nitrogens with two attached hydrogens (primary N) is 1. The zero-order chi connectivity index (χ0) is 22.5. The third kappa shape index (κ3) is 2.77. The van der Waals surface area contributed by atoms with Crippen molar-refractivity contribution in [1.82, 2.24) is 0 Å². The maximum absolute atomic E-state index is 12.3. The van der Waals surface area contributed by atoms with E-state index in [2.05, 4.69) is 27.7 Å². The SMILES string of the molecule is C[C@@H]1CC[C@@]2(OC1)O[C@H]1C[C@H]3[C@@H]4C[C@H]5OC(=O)C[C@H]5[C@](C)(CCN)[C@H]4CC[C@]3(C)[C@H]1[C@@H]2C. The summed E-state index contributed by atoms with van der Waals surface area (Å²) < 4.78 is 19.3. The van der Waals surface area contributed by atoms with Crippen LogP contribution in [-0.4, -0.2) is 37.1 Å². The van der Waals surface area contributed by atoms with E-state index in [4.69, 9.17) is 19.9 Å². The topological polar surface area (TPSA) is 70.8 Å². The van der Waals surface area contributed by atoms with E-state index in [1.165, 1.54) is 19.3 Å². The minimum Gasteiger partial charge on any atom is -0.462 e. The molecule has 0 unspecified atom stereocenters. The van der Waals surface area contributed by atoms with E-state index in [0.29, 0.717) is 65.9 Å². The molecule has 5 heteroatoms. The first-order chi connectivity index (χ1) is 15.2. The van der Waals surface area contributed by atoms with Crippen molar-refractivity contribution in [2.75, 3.05) is 13.2 Å². The molecule has 5 nitrogen and oxygen atoms in total. The molecule has 12 atom stereocenters. The minimum atomic E-state index is -0.348. The van der Waals surface area contributed by atoms with Crippen LogP contribution in [0.5, 0.6) is 0 Å². The van der Waals surface area contributed by atoms with Crippen LogP contribution < -0.4 is 5.73 Å². The van der Waals surface area contributed by atoms with Crippen LogP contribution >= 0.6 is 0 Å². The third-order valence-electron chi connectivity index (χ3n) is 11.7. The van der Waals surface area contributed by atoms with E-state index >= 15 is 0 Å². The molecule has 1 spiro atoms. The summed E-state index contributed by atoms with van der Waals surface area (Å²) in [6.45, 7) is 11.2. The summed E-state index contributed by atoms with van der Waals surface area (Å²) in [5.74, 6) is 3.58. The predicted octanol–water partition coefficient (Wildman–Crippen LogP) is 4.52. The Balaban J connectivity index is 1.30. The molecule has 32 heavy (non-hydrogen) atoms. The number of hydrogen-bond donors (Lipinski definition) is 1. The van der Waals surface area contributed by atoms with Crippen molar-refractivity contribution in [3.8, 4) is 0 Å². The largest absolute Gasteiger partial charge is 0.462 e. The lowest BCUT2D eigenvalue weighted by Crippen LogP contribution is -2.56. The zero-order valence-electron chi connectivity index (χ0n) is 20.5. The van der Waals surface area contributed by atoms with Crippen molar-refractivity contribution in [2.45, 2.75) is 97.1 Å². The fraction of sp³-hybridized carbons (Fsp3) is 0.963. The van der Waals surface area contributed by atoms with Gasteiger partial charge in [0.15, 0.2) is 5.79 Å². The molecule has 6 fully saturated rings. The zero-order valence-corrected chi connectivity index (χ0v) is 20.5. The van der Waals surface area contributed by atoms with Gasteiger partial charge in [0.25, 0.3) is 0 Å². The number of carbonyl (C=O) groups is 1. The second kappa shape index (κ2) is 7.18. The standard InChI is InChI=1S/C27H43NO4/c1-15-5-8-27(30-14-15)16(2)24-22(32-27)12-19-17-11-21-20(13-23(29)31-21)25(3,9-10-28)18(17)6-7-26(19,24)4/h15-22,24H,5-14,28H2,1-4H3/t15-,16+,17-,18+,19+,20-,21-,22+,24+,25-,26+,27-/m1/s1. The lowest BCUT2D eigenvalue weighted by molar-refractivity contribution is -0.273. The number of hydrogen-bond acceptors (Lipinski definition) is 5. The van der Waals surface area contributed by atoms with Gasteiger partial charge in [0.1, 0.15) is 6.10 Å². The average Bonchev–Trinajstić information content (AvgIpc) is 3.35. The van der Waals surface area contributed by atoms with Gasteiger partial charge in [-0.05, 0) is 85.5 Å². The van der Waals surface area contributed by atoms with Crippen LogP contribution in [0.25, 0.3) is 0 Å². The highest BCUT2D eigenvalue weighted by Gasteiger charge is 2.70. The van der Waals surface area contributed by atoms with Crippen LogP contribution in [-0.2, 0) is 19.0 Å². The summed E-state index contributed by atoms with van der Waals surface area (Å²) in [7, 11) is 0. The van der Waals surface area contributed by atoms with Gasteiger partial charge >= 0.3 is 5.97 Å². The van der Waals surface area contributed by atoms with Crippen LogP contribution in [0.15, 0.2) is 0 Å². The second-order valence-electron chi connectivity index (χ2n) is 13.0. The maximum atomic E-state index is 12.3. The molecule has 180 valence electrons. The van der Waals surface area contributed by atoms with Crippen LogP contribution in [0.4, 0.5) is 0 Å². The Morgan fingerprint density at radius 2 is 1.84 bits per heavy atom. The first-order valence-electron chi connectivity index (χ1n) is 13.4. The highest BCUT2D eigenvalue weighted by Crippen LogP contribution is 2.71. The Bertz CT molecular complexity index is 778. The van der Waals surface area contributed by atoms with Crippen molar-refractivity contribution < 1.29 is 19.0 Å². The Morgan fingerprint density at radius 1 is 1.03 bits per heavy atom. The molecule has 6 rings (SSSR count). The van der Waals surface area contributed by atoms with Gasteiger partial charge in [0, 0.05) is 18.3 Å². The van der Waals surface area contributed by atoms with Crippen molar-refractivity contribution in [1.29, 1.82) is 0 Å². The molecule has 3 saturated carbocycles. The van der Waals surface area contributed by atoms with E-state index in [1.54, 1.807) is 0 Å². The normalized spacial score (nSPS) is 58.8. The molecule has 3 saturated heterocycles. The van der Waals surface area contributed by atoms with Crippen LogP contribution in [0, 0.1) is 52.3 Å². The summed E-state index contributed by atoms with van der Waals surface area (Å²) in [6.07, 6.45) is 8.99. The average molecular weight is 446 g/mol. The van der Waals surface area contributed by atoms with Gasteiger partial charge < -0.3 is 19.9 Å². The number of carbonyl (C=O) groups excluding carboxylic acids is 1. The fourth-order valence-corrected chi connectivity index (χ4v) is 10.2. The van der Waals surface area contributed by atoms with E-state index in [1.807, 2.05) is 0 Å². The number of ether oxygens (including phenoxy) is 3. The highest BCUT2D eigenvalue weighted by molar-refractivity contribution is 5.72. The smallest absolute Gasteiger partial charge is 0.306 e. The first kappa shape index (κ1) is 21.9. The van der Waals surface area contributed by atoms with Crippen LogP contribution in [0.3, 0.4) is 0 Å². The quantitative estimate of drug-likeness (QED) is 0.633. The van der Waals surface area contributed by atoms with Crippen molar-refractivity contribution >= 4 is 5.97 Å². The van der Waals surface area contributed by atoms with Gasteiger partial charge in [0.2, 0.25) is 0 Å². The van der Waals surface area contributed by atoms with E-state index in [0.717, 1.165) is 32.3 Å². The van der Waals surface area contributed by atoms with Gasteiger partial charge in [-0.1, -0.05) is 27.7 Å². The molecule has 0 aromatic heterocycles. The molecule has 0 aromatic rings. The van der Waals surface area contributed by atoms with Gasteiger partial charge in [0.05, 0.1) is 19.1 Å². The molecule has 3 heterocycles. The molecule has 6 aliphatic rings. The molecule has 2 N–H and O–H groups in total. The van der Waals surface area contributed by atoms with Crippen LogP contribution in [0.1, 0.15) is 79.1 Å². The number of fused-ring (bicyclic) bond motifs is 6. The first-order valence-corrected chi connectivity index (χ1v) is 13.4. The van der Waals surface area contributed by atoms with Gasteiger partial charge in [-0.2, -0.15) is 0 Å². The Morgan fingerprint density at radius 3 is 2.56 bits per heavy atom. The molecule has 0 aromatic carbocycles. The summed E-state index contributed by atoms with van der Waals surface area (Å²) >= 11 is 0. The molecular weight excluding hydrogens is 402 g/mol. The second-order valence-corrected chi connectivity index (χ2v) is 13.0. The summed E-state index contributed by atoms with van der Waals surface area (Å²) in [6, 6.07) is 0. The molecule has 0 bridgehead atoms. The molecule has 0 amide bonds. The van der Waals surface area contributed by atoms with Gasteiger partial charge in [-0.3, -0.25) is 4.79 Å². The van der Waals surface area contributed by atoms with E-state index in [-0.39, 0.29) is 23.3 Å². The highest BCUT2D eigenvalue weighted by atomic mass is 16.7. The lowest BCUT2D eigenvalue weighted by Gasteiger charge is -2.59. The number of esters is 1. The lowest BCUT2D eigenvalue weighted by atomic mass is 9.45.